The van der Waals surface area contributed by atoms with Gasteiger partial charge >= 0.3 is 0 Å². The van der Waals surface area contributed by atoms with E-state index < -0.39 is 5.60 Å². The number of ether oxygens (including phenoxy) is 1. The first-order chi connectivity index (χ1) is 12.4. The highest BCUT2D eigenvalue weighted by molar-refractivity contribution is 7.10. The Bertz CT molecular complexity index is 742. The largest absolute Gasteiger partial charge is 0.496 e. The highest BCUT2D eigenvalue weighted by Gasteiger charge is 2.24. The molecule has 2 heterocycles. The Balaban J connectivity index is 2.10. The minimum atomic E-state index is -0.953. The molecule has 0 aromatic carbocycles. The summed E-state index contributed by atoms with van der Waals surface area (Å²) in [4.78, 5) is 10.00. The minimum absolute atomic E-state index is 0.364. The lowest BCUT2D eigenvalue weighted by atomic mass is 10.1. The van der Waals surface area contributed by atoms with Crippen molar-refractivity contribution in [1.29, 1.82) is 0 Å². The molecular formula is C19H28N4O2S. The van der Waals surface area contributed by atoms with Crippen LogP contribution in [0.1, 0.15) is 35.5 Å². The fourth-order valence-electron chi connectivity index (χ4n) is 2.65. The van der Waals surface area contributed by atoms with E-state index in [1.165, 1.54) is 11.3 Å². The van der Waals surface area contributed by atoms with Crippen molar-refractivity contribution in [3.05, 3.63) is 45.4 Å². The molecule has 6 nitrogen and oxygen atoms in total. The van der Waals surface area contributed by atoms with Gasteiger partial charge in [0.1, 0.15) is 11.4 Å². The van der Waals surface area contributed by atoms with Gasteiger partial charge in [0, 0.05) is 28.7 Å². The molecule has 2 aromatic rings. The van der Waals surface area contributed by atoms with E-state index in [1.807, 2.05) is 38.3 Å². The molecule has 26 heavy (non-hydrogen) atoms. The molecule has 0 saturated carbocycles. The third-order valence-corrected chi connectivity index (χ3v) is 5.26. The van der Waals surface area contributed by atoms with E-state index in [1.54, 1.807) is 20.2 Å². The summed E-state index contributed by atoms with van der Waals surface area (Å²) in [7, 11) is 1.67. The van der Waals surface area contributed by atoms with Crippen molar-refractivity contribution in [3.8, 4) is 5.75 Å². The van der Waals surface area contributed by atoms with Crippen LogP contribution in [0.25, 0.3) is 0 Å². The van der Waals surface area contributed by atoms with Gasteiger partial charge in [0.15, 0.2) is 5.96 Å². The molecule has 0 fully saturated rings. The number of guanidine groups is 1. The molecule has 2 rings (SSSR count). The summed E-state index contributed by atoms with van der Waals surface area (Å²) in [5.74, 6) is 1.49. The van der Waals surface area contributed by atoms with E-state index in [2.05, 4.69) is 20.6 Å². The van der Waals surface area contributed by atoms with Crippen LogP contribution in [-0.4, -0.2) is 36.2 Å². The third-order valence-electron chi connectivity index (χ3n) is 4.13. The Morgan fingerprint density at radius 1 is 1.38 bits per heavy atom. The van der Waals surface area contributed by atoms with E-state index in [9.17, 15) is 5.11 Å². The van der Waals surface area contributed by atoms with Gasteiger partial charge < -0.3 is 20.5 Å². The second-order valence-electron chi connectivity index (χ2n) is 6.35. The zero-order valence-electron chi connectivity index (χ0n) is 16.1. The molecule has 0 aliphatic carbocycles. The number of aliphatic hydroxyl groups is 1. The normalized spacial score (nSPS) is 14.0. The van der Waals surface area contributed by atoms with Gasteiger partial charge in [-0.15, -0.1) is 11.3 Å². The summed E-state index contributed by atoms with van der Waals surface area (Å²) in [5.41, 5.74) is 1.92. The van der Waals surface area contributed by atoms with E-state index in [0.717, 1.165) is 34.0 Å². The van der Waals surface area contributed by atoms with Gasteiger partial charge in [-0.2, -0.15) is 0 Å². The van der Waals surface area contributed by atoms with Gasteiger partial charge in [-0.3, -0.25) is 4.98 Å². The molecule has 0 amide bonds. The molecule has 2 aromatic heterocycles. The zero-order valence-corrected chi connectivity index (χ0v) is 16.9. The van der Waals surface area contributed by atoms with E-state index >= 15 is 0 Å². The number of aromatic nitrogens is 1. The lowest BCUT2D eigenvalue weighted by molar-refractivity contribution is 0.0655. The number of hydrogen-bond acceptors (Lipinski definition) is 5. The lowest BCUT2D eigenvalue weighted by Gasteiger charge is -2.23. The summed E-state index contributed by atoms with van der Waals surface area (Å²) >= 11 is 1.54. The fraction of sp³-hybridized carbons (Fsp3) is 0.474. The fourth-order valence-corrected chi connectivity index (χ4v) is 3.44. The molecule has 0 spiro atoms. The van der Waals surface area contributed by atoms with Crippen molar-refractivity contribution in [1.82, 2.24) is 15.6 Å². The van der Waals surface area contributed by atoms with Crippen molar-refractivity contribution in [2.75, 3.05) is 20.2 Å². The maximum absolute atomic E-state index is 10.7. The molecule has 3 N–H and O–H groups in total. The quantitative estimate of drug-likeness (QED) is 0.511. The lowest BCUT2D eigenvalue weighted by Crippen LogP contribution is -2.44. The Morgan fingerprint density at radius 2 is 2.15 bits per heavy atom. The number of thiophene rings is 1. The first-order valence-corrected chi connectivity index (χ1v) is 9.54. The van der Waals surface area contributed by atoms with Crippen LogP contribution in [0.5, 0.6) is 5.75 Å². The number of rotatable bonds is 7. The third kappa shape index (κ3) is 4.95. The van der Waals surface area contributed by atoms with Crippen molar-refractivity contribution >= 4 is 17.3 Å². The average Bonchev–Trinajstić information content (AvgIpc) is 3.15. The maximum Gasteiger partial charge on any atom is 0.191 e. The van der Waals surface area contributed by atoms with Gasteiger partial charge in [-0.05, 0) is 39.1 Å². The maximum atomic E-state index is 10.7. The van der Waals surface area contributed by atoms with Crippen molar-refractivity contribution < 1.29 is 9.84 Å². The molecule has 0 aliphatic heterocycles. The SMILES string of the molecule is CCNC(=NCc1ncc(C)c(OC)c1C)NCC(C)(O)c1cccs1. The van der Waals surface area contributed by atoms with E-state index in [-0.39, 0.29) is 0 Å². The summed E-state index contributed by atoms with van der Waals surface area (Å²) in [5, 5.41) is 19.0. The van der Waals surface area contributed by atoms with Crippen LogP contribution in [0.2, 0.25) is 0 Å². The Kier molecular flexibility index (Phi) is 6.99. The number of pyridine rings is 1. The second kappa shape index (κ2) is 9.00. The van der Waals surface area contributed by atoms with Gasteiger partial charge in [-0.1, -0.05) is 6.07 Å². The van der Waals surface area contributed by atoms with Crippen LogP contribution in [-0.2, 0) is 12.1 Å². The molecule has 7 heteroatoms. The first-order valence-electron chi connectivity index (χ1n) is 8.66. The summed E-state index contributed by atoms with van der Waals surface area (Å²) in [6.45, 7) is 9.30. The average molecular weight is 377 g/mol. The minimum Gasteiger partial charge on any atom is -0.496 e. The number of hydrogen-bond donors (Lipinski definition) is 3. The molecule has 0 aliphatic rings. The molecular weight excluding hydrogens is 348 g/mol. The van der Waals surface area contributed by atoms with Crippen LogP contribution >= 0.6 is 11.3 Å². The van der Waals surface area contributed by atoms with Gasteiger partial charge in [0.25, 0.3) is 0 Å². The van der Waals surface area contributed by atoms with E-state index in [0.29, 0.717) is 19.0 Å². The molecule has 1 atom stereocenters. The smallest absolute Gasteiger partial charge is 0.191 e. The predicted octanol–water partition coefficient (Wildman–Crippen LogP) is 2.73. The molecule has 1 unspecified atom stereocenters. The summed E-state index contributed by atoms with van der Waals surface area (Å²) < 4.78 is 5.45. The van der Waals surface area contributed by atoms with E-state index in [4.69, 9.17) is 4.74 Å². The second-order valence-corrected chi connectivity index (χ2v) is 7.29. The highest BCUT2D eigenvalue weighted by Crippen LogP contribution is 2.25. The number of nitrogens with zero attached hydrogens (tertiary/aromatic N) is 2. The topological polar surface area (TPSA) is 78.8 Å². The molecule has 0 bridgehead atoms. The monoisotopic (exact) mass is 376 g/mol. The molecule has 0 saturated heterocycles. The van der Waals surface area contributed by atoms with Gasteiger partial charge in [0.05, 0.1) is 25.9 Å². The summed E-state index contributed by atoms with van der Waals surface area (Å²) in [6, 6.07) is 3.87. The number of aryl methyl sites for hydroxylation is 1. The van der Waals surface area contributed by atoms with Crippen LogP contribution in [0, 0.1) is 13.8 Å². The molecule has 142 valence electrons. The standard InChI is InChI=1S/C19H28N4O2S/c1-6-20-18(23-12-19(4,24)16-8-7-9-26-16)22-11-15-14(3)17(25-5)13(2)10-21-15/h7-10,24H,6,11-12H2,1-5H3,(H2,20,22,23). The van der Waals surface area contributed by atoms with Crippen molar-refractivity contribution in [3.63, 3.8) is 0 Å². The zero-order chi connectivity index (χ0) is 19.2. The Hall–Kier alpha value is -2.12. The van der Waals surface area contributed by atoms with Gasteiger partial charge in [0.2, 0.25) is 0 Å². The van der Waals surface area contributed by atoms with Crippen LogP contribution < -0.4 is 15.4 Å². The van der Waals surface area contributed by atoms with Crippen molar-refractivity contribution in [2.24, 2.45) is 4.99 Å². The number of nitrogens with one attached hydrogen (secondary N) is 2. The molecule has 0 radical (unpaired) electrons. The first kappa shape index (κ1) is 20.2. The van der Waals surface area contributed by atoms with Crippen LogP contribution in [0.15, 0.2) is 28.7 Å². The Morgan fingerprint density at radius 3 is 2.77 bits per heavy atom. The van der Waals surface area contributed by atoms with Crippen LogP contribution in [0.3, 0.4) is 0 Å². The Labute approximate surface area is 159 Å². The summed E-state index contributed by atoms with van der Waals surface area (Å²) in [6.07, 6.45) is 1.80. The van der Waals surface area contributed by atoms with Gasteiger partial charge in [-0.25, -0.2) is 4.99 Å². The van der Waals surface area contributed by atoms with Crippen LogP contribution in [0.4, 0.5) is 0 Å². The number of methoxy groups -OCH3 is 1. The number of aliphatic imine (C=N–C) groups is 1. The van der Waals surface area contributed by atoms with Crippen molar-refractivity contribution in [2.45, 2.75) is 39.8 Å². The predicted molar refractivity (Wildman–Crippen MR) is 107 cm³/mol. The highest BCUT2D eigenvalue weighted by atomic mass is 32.1.